The molecule has 27 heavy (non-hydrogen) atoms. The van der Waals surface area contributed by atoms with Gasteiger partial charge in [0.15, 0.2) is 0 Å². The highest BCUT2D eigenvalue weighted by atomic mass is 35.5. The Bertz CT molecular complexity index is 938. The van der Waals surface area contributed by atoms with E-state index in [1.54, 1.807) is 36.5 Å². The van der Waals surface area contributed by atoms with Crippen molar-refractivity contribution in [2.75, 3.05) is 20.2 Å². The Hall–Kier alpha value is -2.79. The van der Waals surface area contributed by atoms with Gasteiger partial charge in [-0.15, -0.1) is 0 Å². The number of nitrogens with zero attached hydrogens (tertiary/aromatic N) is 3. The third-order valence-electron chi connectivity index (χ3n) is 4.40. The van der Waals surface area contributed by atoms with Crippen molar-refractivity contribution in [3.05, 3.63) is 76.8 Å². The largest absolute Gasteiger partial charge is 0.492 e. The number of benzene rings is 1. The third-order valence-corrected chi connectivity index (χ3v) is 4.64. The van der Waals surface area contributed by atoms with E-state index < -0.39 is 0 Å². The number of carbonyl (C=O) groups excluding carboxylic acids is 1. The fourth-order valence-electron chi connectivity index (χ4n) is 3.03. The zero-order valence-corrected chi connectivity index (χ0v) is 16.4. The van der Waals surface area contributed by atoms with Crippen molar-refractivity contribution in [2.24, 2.45) is 0 Å². The normalized spacial score (nSPS) is 10.7. The first kappa shape index (κ1) is 19.0. The van der Waals surface area contributed by atoms with Gasteiger partial charge >= 0.3 is 0 Å². The molecule has 0 aliphatic carbocycles. The summed E-state index contributed by atoms with van der Waals surface area (Å²) in [4.78, 5) is 18.7. The summed E-state index contributed by atoms with van der Waals surface area (Å²) in [6, 6.07) is 13.0. The number of ether oxygens (including phenoxy) is 1. The van der Waals surface area contributed by atoms with E-state index in [0.29, 0.717) is 29.5 Å². The third kappa shape index (κ3) is 4.31. The standard InChI is InChI=1S/C21H22ClN3O2/c1-15-12-20(16(2)25(15)18-7-5-9-23-14-18)21(26)24(3)10-11-27-19-8-4-6-17(22)13-19/h4-9,12-14H,10-11H2,1-3H3. The second-order valence-corrected chi connectivity index (χ2v) is 6.80. The molecule has 0 unspecified atom stereocenters. The molecule has 2 heterocycles. The van der Waals surface area contributed by atoms with Crippen LogP contribution < -0.4 is 4.74 Å². The van der Waals surface area contributed by atoms with E-state index in [2.05, 4.69) is 4.98 Å². The molecule has 140 valence electrons. The summed E-state index contributed by atoms with van der Waals surface area (Å²) in [5.74, 6) is 0.658. The lowest BCUT2D eigenvalue weighted by Crippen LogP contribution is -2.31. The van der Waals surface area contributed by atoms with Gasteiger partial charge in [0.25, 0.3) is 5.91 Å². The molecule has 5 nitrogen and oxygen atoms in total. The van der Waals surface area contributed by atoms with Crippen molar-refractivity contribution in [3.8, 4) is 11.4 Å². The van der Waals surface area contributed by atoms with Gasteiger partial charge < -0.3 is 14.2 Å². The molecule has 0 atom stereocenters. The lowest BCUT2D eigenvalue weighted by atomic mass is 10.2. The summed E-state index contributed by atoms with van der Waals surface area (Å²) >= 11 is 5.95. The van der Waals surface area contributed by atoms with Gasteiger partial charge in [-0.25, -0.2) is 0 Å². The summed E-state index contributed by atoms with van der Waals surface area (Å²) in [5.41, 5.74) is 3.51. The van der Waals surface area contributed by atoms with Crippen LogP contribution in [-0.4, -0.2) is 40.6 Å². The van der Waals surface area contributed by atoms with Crippen molar-refractivity contribution in [2.45, 2.75) is 13.8 Å². The predicted octanol–water partition coefficient (Wildman–Crippen LogP) is 4.29. The number of rotatable bonds is 6. The van der Waals surface area contributed by atoms with E-state index in [1.165, 1.54) is 0 Å². The van der Waals surface area contributed by atoms with E-state index >= 15 is 0 Å². The Balaban J connectivity index is 1.68. The highest BCUT2D eigenvalue weighted by Crippen LogP contribution is 2.21. The van der Waals surface area contributed by atoms with Gasteiger partial charge in [0.1, 0.15) is 12.4 Å². The number of hydrogen-bond acceptors (Lipinski definition) is 3. The molecular formula is C21H22ClN3O2. The van der Waals surface area contributed by atoms with Crippen LogP contribution in [0.25, 0.3) is 5.69 Å². The molecule has 0 saturated heterocycles. The van der Waals surface area contributed by atoms with E-state index in [9.17, 15) is 4.79 Å². The molecule has 2 aromatic heterocycles. The topological polar surface area (TPSA) is 47.4 Å². The fraction of sp³-hybridized carbons (Fsp3) is 0.238. The van der Waals surface area contributed by atoms with Crippen LogP contribution >= 0.6 is 11.6 Å². The zero-order chi connectivity index (χ0) is 19.4. The lowest BCUT2D eigenvalue weighted by molar-refractivity contribution is 0.0773. The molecule has 0 bridgehead atoms. The number of hydrogen-bond donors (Lipinski definition) is 0. The van der Waals surface area contributed by atoms with Crippen molar-refractivity contribution < 1.29 is 9.53 Å². The maximum atomic E-state index is 12.9. The van der Waals surface area contributed by atoms with Crippen LogP contribution in [-0.2, 0) is 0 Å². The minimum atomic E-state index is -0.0343. The van der Waals surface area contributed by atoms with Crippen LogP contribution in [0.5, 0.6) is 5.75 Å². The quantitative estimate of drug-likeness (QED) is 0.637. The Kier molecular flexibility index (Phi) is 5.81. The fourth-order valence-corrected chi connectivity index (χ4v) is 3.21. The summed E-state index contributed by atoms with van der Waals surface area (Å²) < 4.78 is 7.72. The summed E-state index contributed by atoms with van der Waals surface area (Å²) in [6.45, 7) is 4.80. The van der Waals surface area contributed by atoms with Crippen molar-refractivity contribution in [1.82, 2.24) is 14.5 Å². The van der Waals surface area contributed by atoms with Gasteiger partial charge in [0.2, 0.25) is 0 Å². The molecule has 6 heteroatoms. The molecular weight excluding hydrogens is 362 g/mol. The number of aromatic nitrogens is 2. The highest BCUT2D eigenvalue weighted by Gasteiger charge is 2.19. The second kappa shape index (κ2) is 8.27. The molecule has 0 fully saturated rings. The van der Waals surface area contributed by atoms with E-state index in [0.717, 1.165) is 17.1 Å². The van der Waals surface area contributed by atoms with Gasteiger partial charge in [-0.05, 0) is 50.2 Å². The number of amides is 1. The predicted molar refractivity (Wildman–Crippen MR) is 107 cm³/mol. The zero-order valence-electron chi connectivity index (χ0n) is 15.6. The van der Waals surface area contributed by atoms with Crippen molar-refractivity contribution in [1.29, 1.82) is 0 Å². The number of pyridine rings is 1. The SMILES string of the molecule is Cc1cc(C(=O)N(C)CCOc2cccc(Cl)c2)c(C)n1-c1cccnc1. The molecule has 1 amide bonds. The minimum absolute atomic E-state index is 0.0343. The molecule has 0 saturated carbocycles. The number of halogens is 1. The number of likely N-dealkylation sites (N-methyl/N-ethyl adjacent to an activating group) is 1. The maximum Gasteiger partial charge on any atom is 0.255 e. The summed E-state index contributed by atoms with van der Waals surface area (Å²) in [6.07, 6.45) is 3.52. The van der Waals surface area contributed by atoms with E-state index in [-0.39, 0.29) is 5.91 Å². The van der Waals surface area contributed by atoms with Gasteiger partial charge in [-0.3, -0.25) is 9.78 Å². The highest BCUT2D eigenvalue weighted by molar-refractivity contribution is 6.30. The first-order valence-corrected chi connectivity index (χ1v) is 9.08. The smallest absolute Gasteiger partial charge is 0.255 e. The van der Waals surface area contributed by atoms with Crippen LogP contribution in [0.15, 0.2) is 54.9 Å². The molecule has 0 aliphatic rings. The molecule has 0 aliphatic heterocycles. The Morgan fingerprint density at radius 1 is 1.22 bits per heavy atom. The average Bonchev–Trinajstić information content (AvgIpc) is 2.96. The van der Waals surface area contributed by atoms with Crippen LogP contribution in [0.3, 0.4) is 0 Å². The van der Waals surface area contributed by atoms with Crippen LogP contribution in [0.1, 0.15) is 21.7 Å². The molecule has 3 rings (SSSR count). The van der Waals surface area contributed by atoms with E-state index in [1.807, 2.05) is 48.7 Å². The van der Waals surface area contributed by atoms with Crippen LogP contribution in [0.4, 0.5) is 0 Å². The van der Waals surface area contributed by atoms with Gasteiger partial charge in [0, 0.05) is 29.7 Å². The van der Waals surface area contributed by atoms with Crippen molar-refractivity contribution in [3.63, 3.8) is 0 Å². The molecule has 0 spiro atoms. The maximum absolute atomic E-state index is 12.9. The Morgan fingerprint density at radius 3 is 2.74 bits per heavy atom. The number of aryl methyl sites for hydroxylation is 1. The van der Waals surface area contributed by atoms with Gasteiger partial charge in [-0.1, -0.05) is 17.7 Å². The monoisotopic (exact) mass is 383 g/mol. The minimum Gasteiger partial charge on any atom is -0.492 e. The Morgan fingerprint density at radius 2 is 2.04 bits per heavy atom. The lowest BCUT2D eigenvalue weighted by Gasteiger charge is -2.18. The molecule has 3 aromatic rings. The van der Waals surface area contributed by atoms with Crippen LogP contribution in [0.2, 0.25) is 5.02 Å². The van der Waals surface area contributed by atoms with Gasteiger partial charge in [-0.2, -0.15) is 0 Å². The average molecular weight is 384 g/mol. The molecule has 0 N–H and O–H groups in total. The molecule has 0 radical (unpaired) electrons. The number of carbonyl (C=O) groups is 1. The second-order valence-electron chi connectivity index (χ2n) is 6.36. The Labute approximate surface area is 164 Å². The first-order valence-electron chi connectivity index (χ1n) is 8.70. The van der Waals surface area contributed by atoms with Crippen LogP contribution in [0, 0.1) is 13.8 Å². The van der Waals surface area contributed by atoms with E-state index in [4.69, 9.17) is 16.3 Å². The summed E-state index contributed by atoms with van der Waals surface area (Å²) in [5, 5.41) is 0.625. The summed E-state index contributed by atoms with van der Waals surface area (Å²) in [7, 11) is 1.78. The first-order chi connectivity index (χ1) is 13.0. The van der Waals surface area contributed by atoms with Gasteiger partial charge in [0.05, 0.1) is 24.0 Å². The molecule has 1 aromatic carbocycles. The van der Waals surface area contributed by atoms with Crippen molar-refractivity contribution >= 4 is 17.5 Å².